The van der Waals surface area contributed by atoms with E-state index in [0.29, 0.717) is 0 Å². The van der Waals surface area contributed by atoms with Crippen molar-refractivity contribution in [3.8, 4) is 5.75 Å². The zero-order valence-electron chi connectivity index (χ0n) is 12.1. The molecule has 0 saturated heterocycles. The average Bonchev–Trinajstić information content (AvgIpc) is 2.27. The Morgan fingerprint density at radius 1 is 1.22 bits per heavy atom. The second kappa shape index (κ2) is 8.09. The summed E-state index contributed by atoms with van der Waals surface area (Å²) in [6, 6.07) is 2.09. The summed E-state index contributed by atoms with van der Waals surface area (Å²) in [5, 5.41) is 3.45. The monoisotopic (exact) mass is 250 g/mol. The summed E-state index contributed by atoms with van der Waals surface area (Å²) < 4.78 is 5.64. The minimum Gasteiger partial charge on any atom is -0.489 e. The third kappa shape index (κ3) is 6.60. The standard InChI is InChI=1S/C15H26N2O/c1-12(2)9-16-7-5-6-14-8-15(11-17-10-14)18-13(3)4/h8,10-13,16H,5-7,9H2,1-4H3. The zero-order chi connectivity index (χ0) is 13.4. The highest BCUT2D eigenvalue weighted by Gasteiger charge is 2.00. The van der Waals surface area contributed by atoms with Crippen LogP contribution in [0.2, 0.25) is 0 Å². The maximum atomic E-state index is 5.64. The van der Waals surface area contributed by atoms with Gasteiger partial charge in [-0.15, -0.1) is 0 Å². The molecule has 1 heterocycles. The Balaban J connectivity index is 2.29. The van der Waals surface area contributed by atoms with Gasteiger partial charge >= 0.3 is 0 Å². The van der Waals surface area contributed by atoms with Crippen LogP contribution in [0, 0.1) is 5.92 Å². The maximum Gasteiger partial charge on any atom is 0.138 e. The Hall–Kier alpha value is -1.09. The molecular weight excluding hydrogens is 224 g/mol. The second-order valence-electron chi connectivity index (χ2n) is 5.40. The van der Waals surface area contributed by atoms with E-state index in [2.05, 4.69) is 30.2 Å². The number of ether oxygens (including phenoxy) is 1. The molecule has 0 amide bonds. The van der Waals surface area contributed by atoms with E-state index in [0.717, 1.165) is 37.6 Å². The highest BCUT2D eigenvalue weighted by Crippen LogP contribution is 2.13. The summed E-state index contributed by atoms with van der Waals surface area (Å²) in [5.41, 5.74) is 1.25. The number of aryl methyl sites for hydroxylation is 1. The van der Waals surface area contributed by atoms with Gasteiger partial charge in [0.05, 0.1) is 12.3 Å². The lowest BCUT2D eigenvalue weighted by atomic mass is 10.1. The topological polar surface area (TPSA) is 34.2 Å². The van der Waals surface area contributed by atoms with Crippen LogP contribution in [0.3, 0.4) is 0 Å². The van der Waals surface area contributed by atoms with Crippen LogP contribution in [-0.4, -0.2) is 24.2 Å². The molecular formula is C15H26N2O. The molecule has 0 spiro atoms. The predicted octanol–water partition coefficient (Wildman–Crippen LogP) is 3.05. The maximum absolute atomic E-state index is 5.64. The minimum atomic E-state index is 0.203. The largest absolute Gasteiger partial charge is 0.489 e. The van der Waals surface area contributed by atoms with Gasteiger partial charge in [-0.25, -0.2) is 0 Å². The van der Waals surface area contributed by atoms with Gasteiger partial charge in [0.15, 0.2) is 0 Å². The van der Waals surface area contributed by atoms with Gasteiger partial charge < -0.3 is 10.1 Å². The van der Waals surface area contributed by atoms with Crippen LogP contribution < -0.4 is 10.1 Å². The normalized spacial score (nSPS) is 11.2. The van der Waals surface area contributed by atoms with Gasteiger partial charge in [-0.2, -0.15) is 0 Å². The molecule has 0 aliphatic heterocycles. The van der Waals surface area contributed by atoms with Crippen molar-refractivity contribution in [3.63, 3.8) is 0 Å². The second-order valence-corrected chi connectivity index (χ2v) is 5.40. The van der Waals surface area contributed by atoms with Crippen molar-refractivity contribution in [1.29, 1.82) is 0 Å². The lowest BCUT2D eigenvalue weighted by Gasteiger charge is -2.10. The third-order valence-corrected chi connectivity index (χ3v) is 2.51. The van der Waals surface area contributed by atoms with E-state index >= 15 is 0 Å². The van der Waals surface area contributed by atoms with Gasteiger partial charge in [0.25, 0.3) is 0 Å². The molecule has 0 aliphatic rings. The van der Waals surface area contributed by atoms with E-state index in [9.17, 15) is 0 Å². The molecule has 0 atom stereocenters. The fourth-order valence-corrected chi connectivity index (χ4v) is 1.75. The number of hydrogen-bond acceptors (Lipinski definition) is 3. The molecule has 0 aliphatic carbocycles. The van der Waals surface area contributed by atoms with Crippen LogP contribution in [0.1, 0.15) is 39.7 Å². The van der Waals surface area contributed by atoms with Crippen molar-refractivity contribution in [2.75, 3.05) is 13.1 Å². The molecule has 102 valence electrons. The lowest BCUT2D eigenvalue weighted by Crippen LogP contribution is -2.21. The number of pyridine rings is 1. The molecule has 0 saturated carbocycles. The van der Waals surface area contributed by atoms with E-state index in [1.165, 1.54) is 5.56 Å². The lowest BCUT2D eigenvalue weighted by molar-refractivity contribution is 0.241. The molecule has 0 aromatic carbocycles. The van der Waals surface area contributed by atoms with E-state index in [4.69, 9.17) is 4.74 Å². The Bertz CT molecular complexity index is 337. The molecule has 1 N–H and O–H groups in total. The van der Waals surface area contributed by atoms with E-state index < -0.39 is 0 Å². The van der Waals surface area contributed by atoms with Crippen LogP contribution in [0.5, 0.6) is 5.75 Å². The summed E-state index contributed by atoms with van der Waals surface area (Å²) >= 11 is 0. The first kappa shape index (κ1) is 15.0. The van der Waals surface area contributed by atoms with Crippen molar-refractivity contribution < 1.29 is 4.74 Å². The van der Waals surface area contributed by atoms with E-state index in [1.807, 2.05) is 20.0 Å². The van der Waals surface area contributed by atoms with Gasteiger partial charge in [0.2, 0.25) is 0 Å². The Labute approximate surface area is 111 Å². The number of aromatic nitrogens is 1. The quantitative estimate of drug-likeness (QED) is 0.720. The smallest absolute Gasteiger partial charge is 0.138 e. The van der Waals surface area contributed by atoms with Gasteiger partial charge in [-0.1, -0.05) is 13.8 Å². The summed E-state index contributed by atoms with van der Waals surface area (Å²) in [5.74, 6) is 1.59. The summed E-state index contributed by atoms with van der Waals surface area (Å²) in [7, 11) is 0. The Kier molecular flexibility index (Phi) is 6.73. The highest BCUT2D eigenvalue weighted by atomic mass is 16.5. The predicted molar refractivity (Wildman–Crippen MR) is 76.0 cm³/mol. The fourth-order valence-electron chi connectivity index (χ4n) is 1.75. The number of rotatable bonds is 8. The first-order chi connectivity index (χ1) is 8.58. The van der Waals surface area contributed by atoms with Crippen molar-refractivity contribution in [3.05, 3.63) is 24.0 Å². The zero-order valence-corrected chi connectivity index (χ0v) is 12.1. The molecule has 3 heteroatoms. The van der Waals surface area contributed by atoms with Crippen molar-refractivity contribution in [2.24, 2.45) is 5.92 Å². The van der Waals surface area contributed by atoms with Crippen molar-refractivity contribution >= 4 is 0 Å². The minimum absolute atomic E-state index is 0.203. The van der Waals surface area contributed by atoms with Crippen LogP contribution in [0.4, 0.5) is 0 Å². The van der Waals surface area contributed by atoms with Crippen LogP contribution in [0.25, 0.3) is 0 Å². The first-order valence-corrected chi connectivity index (χ1v) is 6.89. The van der Waals surface area contributed by atoms with E-state index in [-0.39, 0.29) is 6.10 Å². The van der Waals surface area contributed by atoms with Crippen LogP contribution in [0.15, 0.2) is 18.5 Å². The molecule has 1 aromatic rings. The van der Waals surface area contributed by atoms with Gasteiger partial charge in [-0.3, -0.25) is 4.98 Å². The van der Waals surface area contributed by atoms with Crippen molar-refractivity contribution in [1.82, 2.24) is 10.3 Å². The van der Waals surface area contributed by atoms with Crippen LogP contribution in [-0.2, 0) is 6.42 Å². The summed E-state index contributed by atoms with van der Waals surface area (Å²) in [6.45, 7) is 10.7. The highest BCUT2D eigenvalue weighted by molar-refractivity contribution is 5.23. The number of hydrogen-bond donors (Lipinski definition) is 1. The number of nitrogens with zero attached hydrogens (tertiary/aromatic N) is 1. The molecule has 1 rings (SSSR count). The summed E-state index contributed by atoms with van der Waals surface area (Å²) in [4.78, 5) is 4.22. The molecule has 0 radical (unpaired) electrons. The SMILES string of the molecule is CC(C)CNCCCc1cncc(OC(C)C)c1. The average molecular weight is 250 g/mol. The summed E-state index contributed by atoms with van der Waals surface area (Å²) in [6.07, 6.45) is 6.10. The van der Waals surface area contributed by atoms with Gasteiger partial charge in [0, 0.05) is 6.20 Å². The molecule has 18 heavy (non-hydrogen) atoms. The first-order valence-electron chi connectivity index (χ1n) is 6.89. The van der Waals surface area contributed by atoms with Crippen LogP contribution >= 0.6 is 0 Å². The Morgan fingerprint density at radius 2 is 2.00 bits per heavy atom. The fraction of sp³-hybridized carbons (Fsp3) is 0.667. The molecule has 0 fully saturated rings. The molecule has 3 nitrogen and oxygen atoms in total. The number of nitrogens with one attached hydrogen (secondary N) is 1. The molecule has 0 bridgehead atoms. The van der Waals surface area contributed by atoms with E-state index in [1.54, 1.807) is 6.20 Å². The molecule has 0 unspecified atom stereocenters. The molecule has 1 aromatic heterocycles. The van der Waals surface area contributed by atoms with Gasteiger partial charge in [-0.05, 0) is 57.3 Å². The third-order valence-electron chi connectivity index (χ3n) is 2.51. The van der Waals surface area contributed by atoms with Crippen molar-refractivity contribution in [2.45, 2.75) is 46.6 Å². The van der Waals surface area contributed by atoms with Gasteiger partial charge in [0.1, 0.15) is 5.75 Å². The Morgan fingerprint density at radius 3 is 2.67 bits per heavy atom.